The summed E-state index contributed by atoms with van der Waals surface area (Å²) in [6.07, 6.45) is 5.49. The summed E-state index contributed by atoms with van der Waals surface area (Å²) < 4.78 is 22.0. The minimum Gasteiger partial charge on any atom is -0.460 e. The zero-order chi connectivity index (χ0) is 24.9. The zero-order valence-electron chi connectivity index (χ0n) is 20.9. The third kappa shape index (κ3) is 4.75. The Bertz CT molecular complexity index is 1410. The Morgan fingerprint density at radius 2 is 1.89 bits per heavy atom. The molecule has 0 atom stereocenters. The van der Waals surface area contributed by atoms with Crippen molar-refractivity contribution >= 4 is 33.9 Å². The molecule has 2 N–H and O–H groups in total. The number of halogens is 1. The van der Waals surface area contributed by atoms with Crippen LogP contribution < -0.4 is 15.5 Å². The van der Waals surface area contributed by atoms with Crippen LogP contribution in [0.1, 0.15) is 55.4 Å². The Morgan fingerprint density at radius 3 is 2.60 bits per heavy atom. The number of nitrogens with zero attached hydrogens (tertiary/aromatic N) is 3. The van der Waals surface area contributed by atoms with E-state index in [0.29, 0.717) is 28.6 Å². The Labute approximate surface area is 204 Å². The number of carbonyl (C=O) groups excluding carboxylic acids is 1. The van der Waals surface area contributed by atoms with E-state index in [0.717, 1.165) is 42.8 Å². The molecule has 4 aromatic rings. The predicted molar refractivity (Wildman–Crippen MR) is 137 cm³/mol. The molecule has 1 aliphatic heterocycles. The smallest absolute Gasteiger partial charge is 0.259 e. The molecule has 0 bridgehead atoms. The number of hydrogen-bond acceptors (Lipinski definition) is 5. The molecule has 1 aromatic carbocycles. The van der Waals surface area contributed by atoms with Gasteiger partial charge in [0.05, 0.1) is 16.9 Å². The monoisotopic (exact) mass is 477 g/mol. The molecule has 0 unspecified atom stereocenters. The molecule has 35 heavy (non-hydrogen) atoms. The largest absolute Gasteiger partial charge is 0.460 e. The highest BCUT2D eigenvalue weighted by atomic mass is 19.1. The van der Waals surface area contributed by atoms with Crippen LogP contribution in [-0.4, -0.2) is 40.0 Å². The first-order valence-electron chi connectivity index (χ1n) is 12.1. The molecule has 1 fully saturated rings. The fourth-order valence-electron chi connectivity index (χ4n) is 5.01. The molecule has 1 saturated heterocycles. The summed E-state index contributed by atoms with van der Waals surface area (Å²) in [6, 6.07) is 7.56. The molecule has 5 rings (SSSR count). The van der Waals surface area contributed by atoms with Gasteiger partial charge in [-0.25, -0.2) is 9.37 Å². The van der Waals surface area contributed by atoms with Crippen molar-refractivity contribution in [1.82, 2.24) is 14.7 Å². The summed E-state index contributed by atoms with van der Waals surface area (Å²) in [4.78, 5) is 19.7. The SMILES string of the molecule is Cc1cn2cc(NC(=O)c3ccc(N4CCC(NC(C)(C)C)CC4)c4cc(C)oc34)cc(F)c2n1. The van der Waals surface area contributed by atoms with Crippen molar-refractivity contribution in [3.8, 4) is 0 Å². The van der Waals surface area contributed by atoms with E-state index in [4.69, 9.17) is 4.42 Å². The maximum atomic E-state index is 14.5. The van der Waals surface area contributed by atoms with Gasteiger partial charge in [-0.2, -0.15) is 0 Å². The molecule has 1 aliphatic rings. The van der Waals surface area contributed by atoms with Crippen molar-refractivity contribution in [3.63, 3.8) is 0 Å². The third-order valence-electron chi connectivity index (χ3n) is 6.39. The number of hydrogen-bond donors (Lipinski definition) is 2. The van der Waals surface area contributed by atoms with Crippen molar-refractivity contribution in [3.05, 3.63) is 59.5 Å². The molecular weight excluding hydrogens is 445 g/mol. The lowest BCUT2D eigenvalue weighted by atomic mass is 9.99. The molecule has 1 amide bonds. The second-order valence-corrected chi connectivity index (χ2v) is 10.5. The van der Waals surface area contributed by atoms with Gasteiger partial charge in [0.15, 0.2) is 11.5 Å². The number of fused-ring (bicyclic) bond motifs is 2. The van der Waals surface area contributed by atoms with Gasteiger partial charge in [0.25, 0.3) is 5.91 Å². The van der Waals surface area contributed by atoms with E-state index in [-0.39, 0.29) is 17.1 Å². The number of amides is 1. The first kappa shape index (κ1) is 23.4. The van der Waals surface area contributed by atoms with E-state index in [2.05, 4.69) is 41.3 Å². The number of pyridine rings is 1. The van der Waals surface area contributed by atoms with E-state index >= 15 is 0 Å². The second kappa shape index (κ2) is 8.68. The topological polar surface area (TPSA) is 74.8 Å². The summed E-state index contributed by atoms with van der Waals surface area (Å²) in [5, 5.41) is 7.44. The van der Waals surface area contributed by atoms with E-state index in [9.17, 15) is 9.18 Å². The zero-order valence-corrected chi connectivity index (χ0v) is 20.9. The van der Waals surface area contributed by atoms with Crippen LogP contribution in [0.3, 0.4) is 0 Å². The minimum absolute atomic E-state index is 0.0981. The Hall–Kier alpha value is -3.39. The van der Waals surface area contributed by atoms with Crippen LogP contribution >= 0.6 is 0 Å². The van der Waals surface area contributed by atoms with Gasteiger partial charge in [-0.1, -0.05) is 0 Å². The van der Waals surface area contributed by atoms with Crippen molar-refractivity contribution in [2.75, 3.05) is 23.3 Å². The van der Waals surface area contributed by atoms with Gasteiger partial charge in [0.2, 0.25) is 0 Å². The number of piperidine rings is 1. The van der Waals surface area contributed by atoms with Crippen molar-refractivity contribution < 1.29 is 13.6 Å². The molecule has 7 nitrogen and oxygen atoms in total. The van der Waals surface area contributed by atoms with E-state index in [1.165, 1.54) is 6.07 Å². The van der Waals surface area contributed by atoms with Gasteiger partial charge in [-0.3, -0.25) is 4.79 Å². The number of benzene rings is 1. The van der Waals surface area contributed by atoms with Crippen LogP contribution in [0.5, 0.6) is 0 Å². The first-order valence-corrected chi connectivity index (χ1v) is 12.1. The minimum atomic E-state index is -0.491. The number of carbonyl (C=O) groups is 1. The average Bonchev–Trinajstić information content (AvgIpc) is 3.34. The van der Waals surface area contributed by atoms with Gasteiger partial charge in [0, 0.05) is 54.2 Å². The second-order valence-electron chi connectivity index (χ2n) is 10.5. The number of aryl methyl sites for hydroxylation is 2. The van der Waals surface area contributed by atoms with Crippen LogP contribution in [0.2, 0.25) is 0 Å². The number of anilines is 2. The molecule has 0 aliphatic carbocycles. The molecule has 3 aromatic heterocycles. The Kier molecular flexibility index (Phi) is 5.79. The summed E-state index contributed by atoms with van der Waals surface area (Å²) >= 11 is 0. The molecule has 4 heterocycles. The van der Waals surface area contributed by atoms with Crippen LogP contribution in [0.25, 0.3) is 16.6 Å². The van der Waals surface area contributed by atoms with E-state index in [1.807, 2.05) is 19.1 Å². The van der Waals surface area contributed by atoms with Crippen molar-refractivity contribution in [2.45, 2.75) is 59.0 Å². The number of nitrogens with one attached hydrogen (secondary N) is 2. The first-order chi connectivity index (χ1) is 16.6. The Morgan fingerprint density at radius 1 is 1.14 bits per heavy atom. The molecular formula is C27H32FN5O2. The maximum absolute atomic E-state index is 14.5. The van der Waals surface area contributed by atoms with E-state index < -0.39 is 5.82 Å². The quantitative estimate of drug-likeness (QED) is 0.409. The van der Waals surface area contributed by atoms with Crippen LogP contribution in [0, 0.1) is 19.7 Å². The number of aromatic nitrogens is 2. The number of imidazole rings is 1. The molecule has 8 heteroatoms. The maximum Gasteiger partial charge on any atom is 0.259 e. The average molecular weight is 478 g/mol. The van der Waals surface area contributed by atoms with Crippen LogP contribution in [0.15, 0.2) is 41.1 Å². The highest BCUT2D eigenvalue weighted by molar-refractivity contribution is 6.13. The lowest BCUT2D eigenvalue weighted by molar-refractivity contribution is 0.102. The standard InChI is InChI=1S/C27H32FN5O2/c1-16-14-33-15-19(13-22(28)25(33)29-16)30-26(34)20-6-7-23(21-12-17(2)35-24(20)21)32-10-8-18(9-11-32)31-27(3,4)5/h6-7,12-15,18,31H,8-11H2,1-5H3,(H,30,34). The van der Waals surface area contributed by atoms with Crippen molar-refractivity contribution in [2.24, 2.45) is 0 Å². The van der Waals surface area contributed by atoms with Crippen LogP contribution in [0.4, 0.5) is 15.8 Å². The summed E-state index contributed by atoms with van der Waals surface area (Å²) in [6.45, 7) is 12.1. The summed E-state index contributed by atoms with van der Waals surface area (Å²) in [7, 11) is 0. The van der Waals surface area contributed by atoms with Gasteiger partial charge < -0.3 is 24.4 Å². The van der Waals surface area contributed by atoms with Crippen molar-refractivity contribution in [1.29, 1.82) is 0 Å². The Balaban J connectivity index is 1.40. The van der Waals surface area contributed by atoms with Gasteiger partial charge in [0.1, 0.15) is 11.3 Å². The van der Waals surface area contributed by atoms with Crippen LogP contribution in [-0.2, 0) is 0 Å². The lowest BCUT2D eigenvalue weighted by Gasteiger charge is -2.37. The highest BCUT2D eigenvalue weighted by Gasteiger charge is 2.26. The summed E-state index contributed by atoms with van der Waals surface area (Å²) in [5.74, 6) is -0.0960. The number of furan rings is 1. The molecule has 0 saturated carbocycles. The van der Waals surface area contributed by atoms with Gasteiger partial charge >= 0.3 is 0 Å². The van der Waals surface area contributed by atoms with Gasteiger partial charge in [-0.05, 0) is 65.7 Å². The third-order valence-corrected chi connectivity index (χ3v) is 6.39. The fourth-order valence-corrected chi connectivity index (χ4v) is 5.01. The normalized spacial score (nSPS) is 15.3. The molecule has 184 valence electrons. The molecule has 0 spiro atoms. The number of rotatable bonds is 4. The highest BCUT2D eigenvalue weighted by Crippen LogP contribution is 2.34. The van der Waals surface area contributed by atoms with E-state index in [1.54, 1.807) is 29.8 Å². The summed E-state index contributed by atoms with van der Waals surface area (Å²) in [5.41, 5.74) is 3.43. The fraction of sp³-hybridized carbons (Fsp3) is 0.407. The molecule has 0 radical (unpaired) electrons. The van der Waals surface area contributed by atoms with Gasteiger partial charge in [-0.15, -0.1) is 0 Å². The lowest BCUT2D eigenvalue weighted by Crippen LogP contribution is -2.49. The predicted octanol–water partition coefficient (Wildman–Crippen LogP) is 5.45.